The summed E-state index contributed by atoms with van der Waals surface area (Å²) in [5, 5.41) is 8.53. The molecule has 0 aromatic carbocycles. The topological polar surface area (TPSA) is 44.1 Å². The number of thioether (sulfide) groups is 1. The Hall–Kier alpha value is -0.690. The summed E-state index contributed by atoms with van der Waals surface area (Å²) in [6.07, 6.45) is 0. The molecule has 1 aliphatic rings. The average molecular weight is 184 g/mol. The minimum Gasteiger partial charge on any atom is -0.340 e. The van der Waals surface area contributed by atoms with Crippen LogP contribution in [0.2, 0.25) is 0 Å². The minimum atomic E-state index is -0.479. The van der Waals surface area contributed by atoms with Crippen LogP contribution in [0.5, 0.6) is 0 Å². The standard InChI is InChI=1S/C8H12N2OS/c1-7(6-9)8(11)10-2-4-12-5-3-10/h7H,2-5H2,1H3. The Labute approximate surface area is 76.7 Å². The van der Waals surface area contributed by atoms with Crippen molar-refractivity contribution in [2.24, 2.45) is 5.92 Å². The Balaban J connectivity index is 2.46. The molecule has 1 aliphatic heterocycles. The molecule has 0 N–H and O–H groups in total. The van der Waals surface area contributed by atoms with Crippen LogP contribution in [0.1, 0.15) is 6.92 Å². The molecule has 0 aromatic heterocycles. The van der Waals surface area contributed by atoms with Crippen LogP contribution in [0.4, 0.5) is 0 Å². The zero-order valence-electron chi connectivity index (χ0n) is 7.12. The van der Waals surface area contributed by atoms with E-state index in [2.05, 4.69) is 0 Å². The molecule has 0 aliphatic carbocycles. The van der Waals surface area contributed by atoms with Gasteiger partial charge >= 0.3 is 0 Å². The van der Waals surface area contributed by atoms with Crippen LogP contribution in [0.15, 0.2) is 0 Å². The molecule has 0 radical (unpaired) electrons. The summed E-state index contributed by atoms with van der Waals surface area (Å²) < 4.78 is 0. The van der Waals surface area contributed by atoms with Crippen LogP contribution in [-0.2, 0) is 4.79 Å². The Kier molecular flexibility index (Phi) is 3.42. The van der Waals surface area contributed by atoms with Gasteiger partial charge in [-0.1, -0.05) is 0 Å². The van der Waals surface area contributed by atoms with E-state index in [1.165, 1.54) is 0 Å². The molecule has 1 saturated heterocycles. The second-order valence-electron chi connectivity index (χ2n) is 2.79. The van der Waals surface area contributed by atoms with Crippen molar-refractivity contribution in [3.05, 3.63) is 0 Å². The predicted octanol–water partition coefficient (Wildman–Crippen LogP) is 0.721. The highest BCUT2D eigenvalue weighted by atomic mass is 32.2. The van der Waals surface area contributed by atoms with E-state index in [9.17, 15) is 4.79 Å². The van der Waals surface area contributed by atoms with Crippen molar-refractivity contribution in [1.29, 1.82) is 5.26 Å². The zero-order valence-corrected chi connectivity index (χ0v) is 7.93. The number of hydrogen-bond acceptors (Lipinski definition) is 3. The second kappa shape index (κ2) is 4.36. The molecule has 4 heteroatoms. The highest BCUT2D eigenvalue weighted by Crippen LogP contribution is 2.11. The molecule has 0 aromatic rings. The van der Waals surface area contributed by atoms with Crippen molar-refractivity contribution in [3.8, 4) is 6.07 Å². The molecule has 12 heavy (non-hydrogen) atoms. The summed E-state index contributed by atoms with van der Waals surface area (Å²) >= 11 is 1.86. The normalized spacial score (nSPS) is 19.8. The molecule has 1 amide bonds. The van der Waals surface area contributed by atoms with E-state index in [4.69, 9.17) is 5.26 Å². The van der Waals surface area contributed by atoms with Crippen molar-refractivity contribution in [2.45, 2.75) is 6.92 Å². The van der Waals surface area contributed by atoms with Gasteiger partial charge in [0.1, 0.15) is 5.92 Å². The molecule has 0 bridgehead atoms. The third-order valence-electron chi connectivity index (χ3n) is 1.89. The van der Waals surface area contributed by atoms with Crippen LogP contribution < -0.4 is 0 Å². The highest BCUT2D eigenvalue weighted by molar-refractivity contribution is 7.99. The molecule has 3 nitrogen and oxygen atoms in total. The third kappa shape index (κ3) is 2.15. The molecule has 0 saturated carbocycles. The molecule has 1 fully saturated rings. The maximum Gasteiger partial charge on any atom is 0.239 e. The predicted molar refractivity (Wildman–Crippen MR) is 48.7 cm³/mol. The highest BCUT2D eigenvalue weighted by Gasteiger charge is 2.21. The van der Waals surface area contributed by atoms with Crippen molar-refractivity contribution >= 4 is 17.7 Å². The number of carbonyl (C=O) groups is 1. The van der Waals surface area contributed by atoms with Gasteiger partial charge in [-0.05, 0) is 6.92 Å². The van der Waals surface area contributed by atoms with Gasteiger partial charge in [0, 0.05) is 24.6 Å². The first-order valence-corrected chi connectivity index (χ1v) is 5.17. The Morgan fingerprint density at radius 3 is 2.67 bits per heavy atom. The van der Waals surface area contributed by atoms with E-state index in [-0.39, 0.29) is 5.91 Å². The molecular weight excluding hydrogens is 172 g/mol. The molecule has 1 rings (SSSR count). The van der Waals surface area contributed by atoms with Gasteiger partial charge < -0.3 is 4.90 Å². The van der Waals surface area contributed by atoms with Crippen LogP contribution in [0.25, 0.3) is 0 Å². The molecule has 1 heterocycles. The Morgan fingerprint density at radius 2 is 2.17 bits per heavy atom. The monoisotopic (exact) mass is 184 g/mol. The van der Waals surface area contributed by atoms with Gasteiger partial charge in [0.2, 0.25) is 5.91 Å². The molecule has 0 spiro atoms. The Morgan fingerprint density at radius 1 is 1.58 bits per heavy atom. The van der Waals surface area contributed by atoms with Gasteiger partial charge in [0.15, 0.2) is 0 Å². The smallest absolute Gasteiger partial charge is 0.239 e. The number of rotatable bonds is 1. The van der Waals surface area contributed by atoms with Crippen LogP contribution in [0, 0.1) is 17.2 Å². The Bertz CT molecular complexity index is 206. The summed E-state index contributed by atoms with van der Waals surface area (Å²) in [5.41, 5.74) is 0. The van der Waals surface area contributed by atoms with Crippen molar-refractivity contribution in [2.75, 3.05) is 24.6 Å². The van der Waals surface area contributed by atoms with Crippen molar-refractivity contribution < 1.29 is 4.79 Å². The fourth-order valence-electron chi connectivity index (χ4n) is 1.11. The molecule has 1 unspecified atom stereocenters. The van der Waals surface area contributed by atoms with Crippen LogP contribution in [0.3, 0.4) is 0 Å². The summed E-state index contributed by atoms with van der Waals surface area (Å²) in [6, 6.07) is 1.96. The lowest BCUT2D eigenvalue weighted by molar-refractivity contribution is -0.132. The summed E-state index contributed by atoms with van der Waals surface area (Å²) in [5.74, 6) is 1.51. The van der Waals surface area contributed by atoms with E-state index in [1.54, 1.807) is 11.8 Å². The van der Waals surface area contributed by atoms with Gasteiger partial charge in [-0.3, -0.25) is 4.79 Å². The number of nitriles is 1. The van der Waals surface area contributed by atoms with Crippen LogP contribution >= 0.6 is 11.8 Å². The van der Waals surface area contributed by atoms with Gasteiger partial charge in [-0.15, -0.1) is 0 Å². The molecule has 1 atom stereocenters. The minimum absolute atomic E-state index is 0.0159. The largest absolute Gasteiger partial charge is 0.340 e. The lowest BCUT2D eigenvalue weighted by Gasteiger charge is -2.27. The lowest BCUT2D eigenvalue weighted by Crippen LogP contribution is -2.40. The molecular formula is C8H12N2OS. The first kappa shape index (κ1) is 9.40. The fourth-order valence-corrected chi connectivity index (χ4v) is 2.02. The van der Waals surface area contributed by atoms with E-state index >= 15 is 0 Å². The van der Waals surface area contributed by atoms with Gasteiger partial charge in [0.25, 0.3) is 0 Å². The summed E-state index contributed by atoms with van der Waals surface area (Å²) in [7, 11) is 0. The number of nitrogens with zero attached hydrogens (tertiary/aromatic N) is 2. The van der Waals surface area contributed by atoms with E-state index in [0.717, 1.165) is 24.6 Å². The second-order valence-corrected chi connectivity index (χ2v) is 4.01. The SMILES string of the molecule is CC(C#N)C(=O)N1CCSCC1. The van der Waals surface area contributed by atoms with Gasteiger partial charge in [0.05, 0.1) is 6.07 Å². The van der Waals surface area contributed by atoms with E-state index < -0.39 is 5.92 Å². The van der Waals surface area contributed by atoms with Crippen molar-refractivity contribution in [3.63, 3.8) is 0 Å². The quantitative estimate of drug-likeness (QED) is 0.603. The zero-order chi connectivity index (χ0) is 8.97. The maximum absolute atomic E-state index is 11.4. The lowest BCUT2D eigenvalue weighted by atomic mass is 10.2. The maximum atomic E-state index is 11.4. The number of carbonyl (C=O) groups excluding carboxylic acids is 1. The first-order valence-electron chi connectivity index (χ1n) is 4.02. The van der Waals surface area contributed by atoms with E-state index in [1.807, 2.05) is 17.8 Å². The number of hydrogen-bond donors (Lipinski definition) is 0. The number of amides is 1. The molecule has 66 valence electrons. The van der Waals surface area contributed by atoms with Gasteiger partial charge in [-0.25, -0.2) is 0 Å². The summed E-state index contributed by atoms with van der Waals surface area (Å²) in [6.45, 7) is 3.26. The average Bonchev–Trinajstić information content (AvgIpc) is 2.17. The van der Waals surface area contributed by atoms with Gasteiger partial charge in [-0.2, -0.15) is 17.0 Å². The fraction of sp³-hybridized carbons (Fsp3) is 0.750. The third-order valence-corrected chi connectivity index (χ3v) is 2.83. The van der Waals surface area contributed by atoms with Crippen LogP contribution in [-0.4, -0.2) is 35.4 Å². The van der Waals surface area contributed by atoms with Crippen molar-refractivity contribution in [1.82, 2.24) is 4.90 Å². The first-order chi connectivity index (χ1) is 5.75. The summed E-state index contributed by atoms with van der Waals surface area (Å²) in [4.78, 5) is 13.2. The van der Waals surface area contributed by atoms with E-state index in [0.29, 0.717) is 0 Å².